The Kier molecular flexibility index (Phi) is 4.49. The number of hydrogen-bond acceptors (Lipinski definition) is 6. The van der Waals surface area contributed by atoms with Crippen molar-refractivity contribution in [1.82, 2.24) is 15.0 Å². The molecule has 1 N–H and O–H groups in total. The summed E-state index contributed by atoms with van der Waals surface area (Å²) in [7, 11) is 0. The van der Waals surface area contributed by atoms with E-state index in [1.54, 1.807) is 12.1 Å². The molecule has 6 nitrogen and oxygen atoms in total. The summed E-state index contributed by atoms with van der Waals surface area (Å²) in [5.41, 5.74) is 1.05. The van der Waals surface area contributed by atoms with E-state index in [0.29, 0.717) is 11.6 Å². The molecule has 0 bridgehead atoms. The van der Waals surface area contributed by atoms with Crippen molar-refractivity contribution in [3.05, 3.63) is 36.0 Å². The van der Waals surface area contributed by atoms with E-state index in [4.69, 9.17) is 4.52 Å². The number of hydrogen-bond donors (Lipinski definition) is 1. The second-order valence-corrected chi connectivity index (χ2v) is 7.42. The summed E-state index contributed by atoms with van der Waals surface area (Å²) in [4.78, 5) is 9.28. The average molecular weight is 330 g/mol. The zero-order valence-electron chi connectivity index (χ0n) is 14.9. The predicted octanol–water partition coefficient (Wildman–Crippen LogP) is 2.96. The van der Waals surface area contributed by atoms with E-state index in [1.165, 1.54) is 0 Å². The second-order valence-electron chi connectivity index (χ2n) is 7.42. The molecule has 0 saturated carbocycles. The molecular formula is C18H26N4O2. The van der Waals surface area contributed by atoms with Crippen LogP contribution in [0, 0.1) is 0 Å². The Hall–Kier alpha value is -2.08. The molecule has 2 aromatic rings. The van der Waals surface area contributed by atoms with Crippen molar-refractivity contribution in [1.29, 1.82) is 0 Å². The Balaban J connectivity index is 1.61. The summed E-state index contributed by atoms with van der Waals surface area (Å²) in [6, 6.07) is 7.51. The largest absolute Gasteiger partial charge is 0.508 e. The lowest BCUT2D eigenvalue weighted by atomic mass is 9.96. The smallest absolute Gasteiger partial charge is 0.243 e. The van der Waals surface area contributed by atoms with Crippen LogP contribution >= 0.6 is 0 Å². The molecule has 1 aliphatic rings. The fourth-order valence-electron chi connectivity index (χ4n) is 2.90. The van der Waals surface area contributed by atoms with E-state index >= 15 is 0 Å². The first-order valence-corrected chi connectivity index (χ1v) is 8.47. The minimum Gasteiger partial charge on any atom is -0.508 e. The Bertz CT molecular complexity index is 667. The Morgan fingerprint density at radius 1 is 1.08 bits per heavy atom. The van der Waals surface area contributed by atoms with Gasteiger partial charge in [-0.3, -0.25) is 4.90 Å². The van der Waals surface area contributed by atoms with Crippen LogP contribution in [0.1, 0.15) is 45.5 Å². The molecule has 1 saturated heterocycles. The van der Waals surface area contributed by atoms with E-state index < -0.39 is 0 Å². The van der Waals surface area contributed by atoms with Crippen molar-refractivity contribution in [3.8, 4) is 5.75 Å². The number of benzene rings is 1. The van der Waals surface area contributed by atoms with Crippen LogP contribution in [-0.4, -0.2) is 46.3 Å². The van der Waals surface area contributed by atoms with E-state index in [2.05, 4.69) is 47.6 Å². The molecule has 130 valence electrons. The van der Waals surface area contributed by atoms with Gasteiger partial charge in [-0.05, 0) is 31.2 Å². The number of piperazine rings is 1. The van der Waals surface area contributed by atoms with Crippen molar-refractivity contribution >= 4 is 5.69 Å². The summed E-state index contributed by atoms with van der Waals surface area (Å²) >= 11 is 0. The van der Waals surface area contributed by atoms with Crippen LogP contribution in [0.15, 0.2) is 28.8 Å². The molecule has 24 heavy (non-hydrogen) atoms. The summed E-state index contributed by atoms with van der Waals surface area (Å²) in [5.74, 6) is 1.75. The molecule has 0 amide bonds. The summed E-state index contributed by atoms with van der Waals surface area (Å²) in [6.07, 6.45) is 0. The van der Waals surface area contributed by atoms with Crippen LogP contribution in [0.4, 0.5) is 5.69 Å². The van der Waals surface area contributed by atoms with Crippen LogP contribution in [0.5, 0.6) is 5.75 Å². The molecule has 0 aliphatic carbocycles. The molecule has 0 spiro atoms. The number of rotatable bonds is 3. The van der Waals surface area contributed by atoms with Crippen molar-refractivity contribution < 1.29 is 9.63 Å². The Morgan fingerprint density at radius 2 is 1.71 bits per heavy atom. The fourth-order valence-corrected chi connectivity index (χ4v) is 2.90. The van der Waals surface area contributed by atoms with Crippen LogP contribution in [0.3, 0.4) is 0 Å². The topological polar surface area (TPSA) is 65.6 Å². The summed E-state index contributed by atoms with van der Waals surface area (Å²) in [5, 5.41) is 13.5. The van der Waals surface area contributed by atoms with Gasteiger partial charge in [0.2, 0.25) is 5.89 Å². The lowest BCUT2D eigenvalue weighted by molar-refractivity contribution is 0.164. The SMILES string of the molecule is C[C@H](c1nc(C(C)(C)C)no1)N1CCN(c2ccc(O)cc2)CC1. The molecule has 1 aromatic carbocycles. The normalized spacial score (nSPS) is 17.9. The van der Waals surface area contributed by atoms with Crippen molar-refractivity contribution in [3.63, 3.8) is 0 Å². The molecule has 0 radical (unpaired) electrons. The van der Waals surface area contributed by atoms with Crippen LogP contribution < -0.4 is 4.90 Å². The van der Waals surface area contributed by atoms with E-state index in [-0.39, 0.29) is 11.5 Å². The molecule has 1 fully saturated rings. The highest BCUT2D eigenvalue weighted by Gasteiger charge is 2.28. The van der Waals surface area contributed by atoms with Gasteiger partial charge in [0.05, 0.1) is 6.04 Å². The highest BCUT2D eigenvalue weighted by Crippen LogP contribution is 2.26. The van der Waals surface area contributed by atoms with Gasteiger partial charge < -0.3 is 14.5 Å². The fraction of sp³-hybridized carbons (Fsp3) is 0.556. The van der Waals surface area contributed by atoms with Gasteiger partial charge in [-0.15, -0.1) is 0 Å². The summed E-state index contributed by atoms with van der Waals surface area (Å²) < 4.78 is 5.49. The van der Waals surface area contributed by atoms with Crippen LogP contribution in [-0.2, 0) is 5.41 Å². The van der Waals surface area contributed by atoms with Gasteiger partial charge in [0.1, 0.15) is 5.75 Å². The minimum atomic E-state index is -0.0982. The first kappa shape index (κ1) is 16.8. The molecule has 1 atom stereocenters. The molecule has 3 rings (SSSR count). The first-order valence-electron chi connectivity index (χ1n) is 8.47. The minimum absolute atomic E-state index is 0.0982. The third-order valence-corrected chi connectivity index (χ3v) is 4.55. The zero-order valence-corrected chi connectivity index (χ0v) is 14.9. The maximum absolute atomic E-state index is 9.41. The first-order chi connectivity index (χ1) is 11.3. The third kappa shape index (κ3) is 3.53. The molecular weight excluding hydrogens is 304 g/mol. The number of aromatic nitrogens is 2. The molecule has 1 aliphatic heterocycles. The molecule has 0 unspecified atom stereocenters. The maximum Gasteiger partial charge on any atom is 0.243 e. The Labute approximate surface area is 143 Å². The van der Waals surface area contributed by atoms with Gasteiger partial charge in [0.25, 0.3) is 0 Å². The number of aromatic hydroxyl groups is 1. The molecule has 2 heterocycles. The lowest BCUT2D eigenvalue weighted by Crippen LogP contribution is -2.47. The lowest BCUT2D eigenvalue weighted by Gasteiger charge is -2.38. The number of nitrogens with zero attached hydrogens (tertiary/aromatic N) is 4. The standard InChI is InChI=1S/C18H26N4O2/c1-13(16-19-17(20-24-16)18(2,3)4)21-9-11-22(12-10-21)14-5-7-15(23)8-6-14/h5-8,13,23H,9-12H2,1-4H3/t13-/m1/s1. The number of phenolic OH excluding ortho intramolecular Hbond substituents is 1. The van der Waals surface area contributed by atoms with E-state index in [9.17, 15) is 5.11 Å². The predicted molar refractivity (Wildman–Crippen MR) is 93.3 cm³/mol. The highest BCUT2D eigenvalue weighted by atomic mass is 16.5. The molecule has 1 aromatic heterocycles. The van der Waals surface area contributed by atoms with Crippen LogP contribution in [0.25, 0.3) is 0 Å². The number of anilines is 1. The van der Waals surface area contributed by atoms with Gasteiger partial charge in [-0.25, -0.2) is 0 Å². The van der Waals surface area contributed by atoms with Gasteiger partial charge in [-0.1, -0.05) is 25.9 Å². The van der Waals surface area contributed by atoms with Crippen molar-refractivity contribution in [2.24, 2.45) is 0 Å². The monoisotopic (exact) mass is 330 g/mol. The van der Waals surface area contributed by atoms with Crippen molar-refractivity contribution in [2.45, 2.75) is 39.2 Å². The average Bonchev–Trinajstić information content (AvgIpc) is 3.05. The van der Waals surface area contributed by atoms with Gasteiger partial charge in [0, 0.05) is 37.3 Å². The van der Waals surface area contributed by atoms with Gasteiger partial charge >= 0.3 is 0 Å². The Morgan fingerprint density at radius 3 is 2.25 bits per heavy atom. The van der Waals surface area contributed by atoms with Gasteiger partial charge in [0.15, 0.2) is 5.82 Å². The summed E-state index contributed by atoms with van der Waals surface area (Å²) in [6.45, 7) is 12.1. The number of phenols is 1. The molecule has 6 heteroatoms. The maximum atomic E-state index is 9.41. The van der Waals surface area contributed by atoms with Gasteiger partial charge in [-0.2, -0.15) is 4.98 Å². The zero-order chi connectivity index (χ0) is 17.3. The quantitative estimate of drug-likeness (QED) is 0.933. The van der Waals surface area contributed by atoms with Crippen molar-refractivity contribution in [2.75, 3.05) is 31.1 Å². The highest BCUT2D eigenvalue weighted by molar-refractivity contribution is 5.49. The van der Waals surface area contributed by atoms with E-state index in [1.807, 2.05) is 12.1 Å². The second kappa shape index (κ2) is 6.43. The van der Waals surface area contributed by atoms with E-state index in [0.717, 1.165) is 37.7 Å². The van der Waals surface area contributed by atoms with Crippen LogP contribution in [0.2, 0.25) is 0 Å². The third-order valence-electron chi connectivity index (χ3n) is 4.55.